The lowest BCUT2D eigenvalue weighted by molar-refractivity contribution is 0.244. The van der Waals surface area contributed by atoms with Crippen LogP contribution in [0.3, 0.4) is 0 Å². The van der Waals surface area contributed by atoms with Gasteiger partial charge in [0.25, 0.3) is 0 Å². The highest BCUT2D eigenvalue weighted by Crippen LogP contribution is 2.37. The molecule has 0 aromatic carbocycles. The van der Waals surface area contributed by atoms with E-state index in [0.29, 0.717) is 0 Å². The molecule has 1 saturated heterocycles. The molecule has 2 atom stereocenters. The van der Waals surface area contributed by atoms with Gasteiger partial charge in [0, 0.05) is 19.1 Å². The van der Waals surface area contributed by atoms with Gasteiger partial charge in [-0.3, -0.25) is 4.98 Å². The Bertz CT molecular complexity index is 430. The lowest BCUT2D eigenvalue weighted by Crippen LogP contribution is -2.46. The Morgan fingerprint density at radius 1 is 1.20 bits per heavy atom. The van der Waals surface area contributed by atoms with Crippen LogP contribution in [0.15, 0.2) is 18.5 Å². The molecular weight excluding hydrogens is 246 g/mol. The van der Waals surface area contributed by atoms with Gasteiger partial charge in [-0.05, 0) is 44.1 Å². The summed E-state index contributed by atoms with van der Waals surface area (Å²) in [5.74, 6) is 0.921. The molecule has 1 aromatic rings. The molecule has 0 radical (unpaired) electrons. The molecule has 2 unspecified atom stereocenters. The van der Waals surface area contributed by atoms with Crippen LogP contribution in [0.1, 0.15) is 51.9 Å². The van der Waals surface area contributed by atoms with E-state index in [2.05, 4.69) is 28.2 Å². The first kappa shape index (κ1) is 13.7. The minimum absolute atomic E-state index is 0.765. The van der Waals surface area contributed by atoms with Crippen molar-refractivity contribution in [3.05, 3.63) is 18.5 Å². The average molecular weight is 273 g/mol. The summed E-state index contributed by atoms with van der Waals surface area (Å²) in [7, 11) is 0. The van der Waals surface area contributed by atoms with Gasteiger partial charge >= 0.3 is 0 Å². The van der Waals surface area contributed by atoms with E-state index in [1.165, 1.54) is 56.4 Å². The van der Waals surface area contributed by atoms with E-state index in [9.17, 15) is 0 Å². The number of nitrogens with one attached hydrogen (secondary N) is 1. The van der Waals surface area contributed by atoms with E-state index in [-0.39, 0.29) is 0 Å². The molecule has 0 amide bonds. The van der Waals surface area contributed by atoms with Gasteiger partial charge in [0.15, 0.2) is 0 Å². The van der Waals surface area contributed by atoms with Crippen molar-refractivity contribution >= 4 is 11.4 Å². The number of pyridine rings is 1. The first-order chi connectivity index (χ1) is 9.88. The average Bonchev–Trinajstić information content (AvgIpc) is 2.52. The van der Waals surface area contributed by atoms with Crippen LogP contribution in [0.25, 0.3) is 0 Å². The fourth-order valence-corrected chi connectivity index (χ4v) is 3.90. The summed E-state index contributed by atoms with van der Waals surface area (Å²) in [5, 5.41) is 3.46. The number of aromatic nitrogens is 1. The molecule has 2 fully saturated rings. The van der Waals surface area contributed by atoms with Crippen LogP contribution in [0.2, 0.25) is 0 Å². The first-order valence-electron chi connectivity index (χ1n) is 8.34. The summed E-state index contributed by atoms with van der Waals surface area (Å²) in [6.07, 6.45) is 13.6. The van der Waals surface area contributed by atoms with Crippen LogP contribution < -0.4 is 10.2 Å². The van der Waals surface area contributed by atoms with Crippen molar-refractivity contribution in [2.24, 2.45) is 5.92 Å². The molecule has 1 aliphatic carbocycles. The van der Waals surface area contributed by atoms with Crippen LogP contribution in [-0.4, -0.2) is 24.1 Å². The molecule has 2 aliphatic rings. The summed E-state index contributed by atoms with van der Waals surface area (Å²) in [6, 6.07) is 3.06. The number of hydrogen-bond acceptors (Lipinski definition) is 3. The van der Waals surface area contributed by atoms with Gasteiger partial charge in [0.05, 0.1) is 23.8 Å². The fourth-order valence-electron chi connectivity index (χ4n) is 3.90. The summed E-state index contributed by atoms with van der Waals surface area (Å²) in [4.78, 5) is 7.08. The molecule has 1 aliphatic heterocycles. The van der Waals surface area contributed by atoms with E-state index in [4.69, 9.17) is 0 Å². The highest BCUT2D eigenvalue weighted by atomic mass is 15.2. The second kappa shape index (κ2) is 6.47. The Morgan fingerprint density at radius 2 is 2.05 bits per heavy atom. The van der Waals surface area contributed by atoms with Crippen molar-refractivity contribution in [3.8, 4) is 0 Å². The van der Waals surface area contributed by atoms with Gasteiger partial charge in [-0.2, -0.15) is 0 Å². The highest BCUT2D eigenvalue weighted by molar-refractivity contribution is 5.56. The zero-order valence-corrected chi connectivity index (χ0v) is 12.6. The topological polar surface area (TPSA) is 28.2 Å². The quantitative estimate of drug-likeness (QED) is 0.896. The predicted molar refractivity (Wildman–Crippen MR) is 85.3 cm³/mol. The number of fused-ring (bicyclic) bond motifs is 1. The Hall–Kier alpha value is -1.25. The van der Waals surface area contributed by atoms with Crippen molar-refractivity contribution < 1.29 is 0 Å². The molecule has 2 heterocycles. The predicted octanol–water partition coefficient (Wildman–Crippen LogP) is 4.06. The van der Waals surface area contributed by atoms with Crippen LogP contribution >= 0.6 is 0 Å². The number of piperidine rings is 1. The highest BCUT2D eigenvalue weighted by Gasteiger charge is 2.33. The van der Waals surface area contributed by atoms with Crippen molar-refractivity contribution in [2.75, 3.05) is 23.3 Å². The van der Waals surface area contributed by atoms with Crippen LogP contribution in [0.5, 0.6) is 0 Å². The third-order valence-corrected chi connectivity index (χ3v) is 4.88. The zero-order valence-electron chi connectivity index (χ0n) is 12.6. The second-order valence-corrected chi connectivity index (χ2v) is 6.31. The second-order valence-electron chi connectivity index (χ2n) is 6.31. The SMILES string of the molecule is CCCNc1cncc(N2CCCC3CCCCC32)c1. The molecule has 1 saturated carbocycles. The summed E-state index contributed by atoms with van der Waals surface area (Å²) in [5.41, 5.74) is 2.49. The Labute approximate surface area is 122 Å². The molecule has 0 spiro atoms. The number of hydrogen-bond donors (Lipinski definition) is 1. The maximum absolute atomic E-state index is 4.45. The zero-order chi connectivity index (χ0) is 13.8. The van der Waals surface area contributed by atoms with Gasteiger partial charge in [-0.25, -0.2) is 0 Å². The molecule has 3 heteroatoms. The summed E-state index contributed by atoms with van der Waals surface area (Å²) < 4.78 is 0. The van der Waals surface area contributed by atoms with E-state index >= 15 is 0 Å². The van der Waals surface area contributed by atoms with Crippen LogP contribution in [-0.2, 0) is 0 Å². The van der Waals surface area contributed by atoms with E-state index in [1.54, 1.807) is 0 Å². The maximum atomic E-state index is 4.45. The molecular formula is C17H27N3. The fraction of sp³-hybridized carbons (Fsp3) is 0.706. The minimum Gasteiger partial charge on any atom is -0.384 e. The molecule has 0 bridgehead atoms. The molecule has 3 rings (SSSR count). The maximum Gasteiger partial charge on any atom is 0.0576 e. The first-order valence-corrected chi connectivity index (χ1v) is 8.34. The van der Waals surface area contributed by atoms with Gasteiger partial charge in [-0.1, -0.05) is 19.8 Å². The molecule has 1 aromatic heterocycles. The minimum atomic E-state index is 0.765. The summed E-state index contributed by atoms with van der Waals surface area (Å²) >= 11 is 0. The Balaban J connectivity index is 1.76. The number of anilines is 2. The normalized spacial score (nSPS) is 26.1. The summed E-state index contributed by atoms with van der Waals surface area (Å²) in [6.45, 7) is 4.43. The van der Waals surface area contributed by atoms with Gasteiger partial charge < -0.3 is 10.2 Å². The van der Waals surface area contributed by atoms with Gasteiger partial charge in [-0.15, -0.1) is 0 Å². The lowest BCUT2D eigenvalue weighted by atomic mass is 9.78. The van der Waals surface area contributed by atoms with Crippen LogP contribution in [0, 0.1) is 5.92 Å². The third kappa shape index (κ3) is 2.92. The van der Waals surface area contributed by atoms with E-state index < -0.39 is 0 Å². The van der Waals surface area contributed by atoms with E-state index in [1.807, 2.05) is 12.4 Å². The molecule has 1 N–H and O–H groups in total. The standard InChI is InChI=1S/C17H27N3/c1-2-9-19-15-11-16(13-18-12-15)20-10-5-7-14-6-3-4-8-17(14)20/h11-14,17,19H,2-10H2,1H3. The van der Waals surface area contributed by atoms with Crippen molar-refractivity contribution in [2.45, 2.75) is 57.9 Å². The van der Waals surface area contributed by atoms with E-state index in [0.717, 1.165) is 24.9 Å². The Kier molecular flexibility index (Phi) is 4.44. The molecule has 20 heavy (non-hydrogen) atoms. The largest absolute Gasteiger partial charge is 0.384 e. The smallest absolute Gasteiger partial charge is 0.0576 e. The van der Waals surface area contributed by atoms with Crippen molar-refractivity contribution in [1.29, 1.82) is 0 Å². The lowest BCUT2D eigenvalue weighted by Gasteiger charge is -2.45. The van der Waals surface area contributed by atoms with Crippen LogP contribution in [0.4, 0.5) is 11.4 Å². The molecule has 110 valence electrons. The number of nitrogens with zero attached hydrogens (tertiary/aromatic N) is 2. The monoisotopic (exact) mass is 273 g/mol. The molecule has 3 nitrogen and oxygen atoms in total. The van der Waals surface area contributed by atoms with Crippen molar-refractivity contribution in [3.63, 3.8) is 0 Å². The van der Waals surface area contributed by atoms with Crippen molar-refractivity contribution in [1.82, 2.24) is 4.98 Å². The van der Waals surface area contributed by atoms with Gasteiger partial charge in [0.2, 0.25) is 0 Å². The Morgan fingerprint density at radius 3 is 2.95 bits per heavy atom. The van der Waals surface area contributed by atoms with Gasteiger partial charge in [0.1, 0.15) is 0 Å². The third-order valence-electron chi connectivity index (χ3n) is 4.88. The number of rotatable bonds is 4.